The number of rotatable bonds is 7. The van der Waals surface area contributed by atoms with Crippen LogP contribution < -0.4 is 16.4 Å². The van der Waals surface area contributed by atoms with E-state index in [2.05, 4.69) is 10.6 Å². The number of carbonyl (C=O) groups is 2. The first-order valence-corrected chi connectivity index (χ1v) is 7.35. The van der Waals surface area contributed by atoms with Gasteiger partial charge in [-0.3, -0.25) is 9.59 Å². The van der Waals surface area contributed by atoms with Crippen LogP contribution in [-0.2, 0) is 9.59 Å². The summed E-state index contributed by atoms with van der Waals surface area (Å²) in [5.41, 5.74) is 5.66. The lowest BCUT2D eigenvalue weighted by Gasteiger charge is -2.17. The van der Waals surface area contributed by atoms with E-state index in [0.717, 1.165) is 25.7 Å². The monoisotopic (exact) mass is 269 g/mol. The molecule has 0 aromatic rings. The molecule has 5 heteroatoms. The molecule has 0 saturated heterocycles. The normalized spacial score (nSPS) is 23.9. The number of nitrogens with two attached hydrogens (primary N) is 1. The third-order valence-corrected chi connectivity index (χ3v) is 3.97. The fourth-order valence-electron chi connectivity index (χ4n) is 2.54. The van der Waals surface area contributed by atoms with Crippen molar-refractivity contribution in [2.24, 2.45) is 17.6 Å². The molecule has 1 fully saturated rings. The first-order valence-electron chi connectivity index (χ1n) is 7.35. The lowest BCUT2D eigenvalue weighted by atomic mass is 9.95. The van der Waals surface area contributed by atoms with Crippen molar-refractivity contribution in [2.45, 2.75) is 52.0 Å². The van der Waals surface area contributed by atoms with Crippen molar-refractivity contribution in [1.29, 1.82) is 0 Å². The molecule has 0 radical (unpaired) electrons. The zero-order chi connectivity index (χ0) is 14.3. The van der Waals surface area contributed by atoms with Crippen molar-refractivity contribution in [3.8, 4) is 0 Å². The van der Waals surface area contributed by atoms with Gasteiger partial charge in [0.15, 0.2) is 0 Å². The lowest BCUT2D eigenvalue weighted by molar-refractivity contribution is -0.126. The van der Waals surface area contributed by atoms with Gasteiger partial charge in [0.25, 0.3) is 0 Å². The highest BCUT2D eigenvalue weighted by Crippen LogP contribution is 2.30. The van der Waals surface area contributed by atoms with Gasteiger partial charge in [-0.25, -0.2) is 0 Å². The Kier molecular flexibility index (Phi) is 6.84. The van der Waals surface area contributed by atoms with Crippen LogP contribution in [0.3, 0.4) is 0 Å². The van der Waals surface area contributed by atoms with Gasteiger partial charge in [-0.2, -0.15) is 0 Å². The molecule has 3 atom stereocenters. The zero-order valence-corrected chi connectivity index (χ0v) is 12.1. The van der Waals surface area contributed by atoms with Crippen molar-refractivity contribution < 1.29 is 9.59 Å². The average molecular weight is 269 g/mol. The Morgan fingerprint density at radius 1 is 1.37 bits per heavy atom. The lowest BCUT2D eigenvalue weighted by Crippen LogP contribution is -2.38. The van der Waals surface area contributed by atoms with Gasteiger partial charge >= 0.3 is 0 Å². The van der Waals surface area contributed by atoms with Crippen LogP contribution in [0.15, 0.2) is 0 Å². The molecular formula is C14H27N3O2. The Balaban J connectivity index is 2.21. The van der Waals surface area contributed by atoms with E-state index >= 15 is 0 Å². The molecule has 1 aliphatic carbocycles. The fourth-order valence-corrected chi connectivity index (χ4v) is 2.54. The van der Waals surface area contributed by atoms with E-state index < -0.39 is 0 Å². The SMILES string of the molecule is CCC(C)NC(=O)CCNC(=O)C1CCCC1CN. The van der Waals surface area contributed by atoms with Crippen molar-refractivity contribution in [1.82, 2.24) is 10.6 Å². The highest BCUT2D eigenvalue weighted by molar-refractivity contribution is 5.81. The molecule has 0 heterocycles. The molecule has 1 rings (SSSR count). The first kappa shape index (κ1) is 16.0. The minimum Gasteiger partial charge on any atom is -0.355 e. The quantitative estimate of drug-likeness (QED) is 0.638. The minimum absolute atomic E-state index is 0.00329. The Labute approximate surface area is 115 Å². The van der Waals surface area contributed by atoms with Gasteiger partial charge in [0, 0.05) is 24.9 Å². The molecule has 1 aliphatic rings. The van der Waals surface area contributed by atoms with Crippen LogP contribution in [0.2, 0.25) is 0 Å². The maximum absolute atomic E-state index is 12.0. The van der Waals surface area contributed by atoms with Crippen LogP contribution in [0.5, 0.6) is 0 Å². The van der Waals surface area contributed by atoms with Gasteiger partial charge in [-0.15, -0.1) is 0 Å². The number of hydrogen-bond donors (Lipinski definition) is 3. The summed E-state index contributed by atoms with van der Waals surface area (Å²) in [6.07, 6.45) is 4.30. The number of carbonyl (C=O) groups excluding carboxylic acids is 2. The summed E-state index contributed by atoms with van der Waals surface area (Å²) in [5.74, 6) is 0.414. The summed E-state index contributed by atoms with van der Waals surface area (Å²) >= 11 is 0. The van der Waals surface area contributed by atoms with E-state index in [9.17, 15) is 9.59 Å². The van der Waals surface area contributed by atoms with Gasteiger partial charge in [0.05, 0.1) is 0 Å². The van der Waals surface area contributed by atoms with Crippen LogP contribution >= 0.6 is 0 Å². The Morgan fingerprint density at radius 3 is 2.74 bits per heavy atom. The number of amides is 2. The van der Waals surface area contributed by atoms with Crippen molar-refractivity contribution in [2.75, 3.05) is 13.1 Å². The second-order valence-corrected chi connectivity index (χ2v) is 5.45. The van der Waals surface area contributed by atoms with E-state index in [-0.39, 0.29) is 23.8 Å². The third-order valence-electron chi connectivity index (χ3n) is 3.97. The molecule has 110 valence electrons. The summed E-state index contributed by atoms with van der Waals surface area (Å²) in [7, 11) is 0. The van der Waals surface area contributed by atoms with Gasteiger partial charge in [0.2, 0.25) is 11.8 Å². The van der Waals surface area contributed by atoms with Crippen LogP contribution in [0, 0.1) is 11.8 Å². The van der Waals surface area contributed by atoms with Gasteiger partial charge in [-0.05, 0) is 38.6 Å². The van der Waals surface area contributed by atoms with E-state index in [1.807, 2.05) is 13.8 Å². The predicted octanol–water partition coefficient (Wildman–Crippen LogP) is 0.782. The van der Waals surface area contributed by atoms with E-state index in [1.165, 1.54) is 0 Å². The average Bonchev–Trinajstić information content (AvgIpc) is 2.86. The Morgan fingerprint density at radius 2 is 2.11 bits per heavy atom. The molecule has 0 aromatic heterocycles. The maximum atomic E-state index is 12.0. The molecular weight excluding hydrogens is 242 g/mol. The fraction of sp³-hybridized carbons (Fsp3) is 0.857. The minimum atomic E-state index is -0.00329. The Bertz CT molecular complexity index is 307. The molecule has 0 aliphatic heterocycles. The molecule has 19 heavy (non-hydrogen) atoms. The van der Waals surface area contributed by atoms with Crippen LogP contribution in [-0.4, -0.2) is 30.9 Å². The predicted molar refractivity (Wildman–Crippen MR) is 75.4 cm³/mol. The molecule has 5 nitrogen and oxygen atoms in total. The van der Waals surface area contributed by atoms with E-state index in [0.29, 0.717) is 25.4 Å². The first-order chi connectivity index (χ1) is 9.08. The number of nitrogens with one attached hydrogen (secondary N) is 2. The van der Waals surface area contributed by atoms with Crippen molar-refractivity contribution in [3.05, 3.63) is 0 Å². The summed E-state index contributed by atoms with van der Waals surface area (Å²) < 4.78 is 0. The molecule has 4 N–H and O–H groups in total. The second kappa shape index (κ2) is 8.15. The van der Waals surface area contributed by atoms with Crippen LogP contribution in [0.4, 0.5) is 0 Å². The smallest absolute Gasteiger partial charge is 0.223 e. The van der Waals surface area contributed by atoms with Gasteiger partial charge < -0.3 is 16.4 Å². The number of hydrogen-bond acceptors (Lipinski definition) is 3. The molecule has 2 amide bonds. The van der Waals surface area contributed by atoms with Gasteiger partial charge in [-0.1, -0.05) is 13.3 Å². The van der Waals surface area contributed by atoms with Crippen molar-refractivity contribution >= 4 is 11.8 Å². The molecule has 0 spiro atoms. The van der Waals surface area contributed by atoms with Gasteiger partial charge in [0.1, 0.15) is 0 Å². The highest BCUT2D eigenvalue weighted by atomic mass is 16.2. The highest BCUT2D eigenvalue weighted by Gasteiger charge is 2.31. The summed E-state index contributed by atoms with van der Waals surface area (Å²) in [4.78, 5) is 23.5. The largest absolute Gasteiger partial charge is 0.355 e. The maximum Gasteiger partial charge on any atom is 0.223 e. The summed E-state index contributed by atoms with van der Waals surface area (Å²) in [6.45, 7) is 4.99. The van der Waals surface area contributed by atoms with E-state index in [4.69, 9.17) is 5.73 Å². The Hall–Kier alpha value is -1.10. The topological polar surface area (TPSA) is 84.2 Å². The van der Waals surface area contributed by atoms with Crippen molar-refractivity contribution in [3.63, 3.8) is 0 Å². The molecule has 0 bridgehead atoms. The summed E-state index contributed by atoms with van der Waals surface area (Å²) in [5, 5.41) is 5.74. The van der Waals surface area contributed by atoms with E-state index in [1.54, 1.807) is 0 Å². The second-order valence-electron chi connectivity index (χ2n) is 5.45. The van der Waals surface area contributed by atoms with Crippen LogP contribution in [0.1, 0.15) is 46.0 Å². The molecule has 3 unspecified atom stereocenters. The summed E-state index contributed by atoms with van der Waals surface area (Å²) in [6, 6.07) is 0.194. The van der Waals surface area contributed by atoms with Crippen LogP contribution in [0.25, 0.3) is 0 Å². The molecule has 1 saturated carbocycles. The molecule has 0 aromatic carbocycles. The standard InChI is InChI=1S/C14H27N3O2/c1-3-10(2)17-13(18)7-8-16-14(19)12-6-4-5-11(12)9-15/h10-12H,3-9,15H2,1-2H3,(H,16,19)(H,17,18). The zero-order valence-electron chi connectivity index (χ0n) is 12.1. The third kappa shape index (κ3) is 5.19.